The monoisotopic (exact) mass is 340 g/mol. The predicted octanol–water partition coefficient (Wildman–Crippen LogP) is 2.63. The maximum atomic E-state index is 12.5. The molecule has 1 unspecified atom stereocenters. The Balaban J connectivity index is 1.52. The van der Waals surface area contributed by atoms with Crippen molar-refractivity contribution in [2.24, 2.45) is 0 Å². The van der Waals surface area contributed by atoms with Gasteiger partial charge < -0.3 is 20.4 Å². The van der Waals surface area contributed by atoms with Gasteiger partial charge in [0.05, 0.1) is 12.6 Å². The van der Waals surface area contributed by atoms with Crippen molar-refractivity contribution in [1.29, 1.82) is 0 Å². The molecule has 0 fully saturated rings. The van der Waals surface area contributed by atoms with Crippen molar-refractivity contribution in [2.75, 3.05) is 19.7 Å². The number of nitrogens with zero attached hydrogens (tertiary/aromatic N) is 1. The second-order valence-electron chi connectivity index (χ2n) is 6.34. The number of aliphatic hydroxyl groups is 1. The van der Waals surface area contributed by atoms with Crippen molar-refractivity contribution in [3.8, 4) is 5.75 Å². The van der Waals surface area contributed by atoms with Crippen molar-refractivity contribution in [3.63, 3.8) is 0 Å². The van der Waals surface area contributed by atoms with Crippen molar-refractivity contribution in [3.05, 3.63) is 65.2 Å². The maximum Gasteiger partial charge on any atom is 0.318 e. The molecule has 0 aromatic heterocycles. The van der Waals surface area contributed by atoms with Gasteiger partial charge in [0.15, 0.2) is 0 Å². The summed E-state index contributed by atoms with van der Waals surface area (Å²) >= 11 is 0. The van der Waals surface area contributed by atoms with E-state index in [9.17, 15) is 15.0 Å². The lowest BCUT2D eigenvalue weighted by Gasteiger charge is -2.36. The largest absolute Gasteiger partial charge is 0.508 e. The Bertz CT molecular complexity index is 715. The molecule has 1 aliphatic rings. The molecule has 25 heavy (non-hydrogen) atoms. The van der Waals surface area contributed by atoms with Crippen LogP contribution in [0.3, 0.4) is 0 Å². The van der Waals surface area contributed by atoms with Crippen LogP contribution in [0.1, 0.15) is 29.2 Å². The van der Waals surface area contributed by atoms with E-state index >= 15 is 0 Å². The summed E-state index contributed by atoms with van der Waals surface area (Å²) in [6.07, 6.45) is 2.48. The fourth-order valence-electron chi connectivity index (χ4n) is 3.34. The number of nitrogens with one attached hydrogen (secondary N) is 1. The van der Waals surface area contributed by atoms with Gasteiger partial charge in [0.1, 0.15) is 5.75 Å². The zero-order valence-corrected chi connectivity index (χ0v) is 14.2. The Morgan fingerprint density at radius 1 is 1.16 bits per heavy atom. The molecular formula is C20H24N2O3. The number of aryl methyl sites for hydroxylation is 1. The number of phenols is 1. The molecule has 1 aliphatic heterocycles. The lowest BCUT2D eigenvalue weighted by Crippen LogP contribution is -2.47. The molecular weight excluding hydrogens is 316 g/mol. The molecule has 2 amide bonds. The number of phenolic OH excluding ortho intramolecular Hbond substituents is 1. The van der Waals surface area contributed by atoms with E-state index in [1.54, 1.807) is 17.0 Å². The topological polar surface area (TPSA) is 72.8 Å². The van der Waals surface area contributed by atoms with Crippen molar-refractivity contribution in [2.45, 2.75) is 25.3 Å². The van der Waals surface area contributed by atoms with Crippen LogP contribution in [-0.4, -0.2) is 40.8 Å². The first kappa shape index (κ1) is 17.3. The number of carbonyl (C=O) groups is 1. The number of hydrogen-bond acceptors (Lipinski definition) is 3. The summed E-state index contributed by atoms with van der Waals surface area (Å²) in [5, 5.41) is 22.0. The standard InChI is InChI=1S/C20H24N2O3/c23-14-19-18-6-2-1-5-16(18)11-13-22(19)20(25)21-12-3-4-15-7-9-17(24)10-8-15/h1-2,5-10,19,23-24H,3-4,11-14H2,(H,21,25). The van der Waals surface area contributed by atoms with Gasteiger partial charge in [0.2, 0.25) is 0 Å². The van der Waals surface area contributed by atoms with Crippen molar-refractivity contribution >= 4 is 6.03 Å². The van der Waals surface area contributed by atoms with E-state index in [1.807, 2.05) is 30.3 Å². The van der Waals surface area contributed by atoms with Gasteiger partial charge in [-0.2, -0.15) is 0 Å². The lowest BCUT2D eigenvalue weighted by atomic mass is 9.93. The normalized spacial score (nSPS) is 16.4. The summed E-state index contributed by atoms with van der Waals surface area (Å²) in [5.74, 6) is 0.262. The smallest absolute Gasteiger partial charge is 0.318 e. The highest BCUT2D eigenvalue weighted by Crippen LogP contribution is 2.29. The number of carbonyl (C=O) groups excluding carboxylic acids is 1. The highest BCUT2D eigenvalue weighted by atomic mass is 16.3. The quantitative estimate of drug-likeness (QED) is 0.733. The lowest BCUT2D eigenvalue weighted by molar-refractivity contribution is 0.127. The molecule has 0 spiro atoms. The number of rotatable bonds is 5. The molecule has 1 atom stereocenters. The molecule has 0 bridgehead atoms. The van der Waals surface area contributed by atoms with Crippen LogP contribution in [0.2, 0.25) is 0 Å². The predicted molar refractivity (Wildman–Crippen MR) is 96.5 cm³/mol. The fourth-order valence-corrected chi connectivity index (χ4v) is 3.34. The third kappa shape index (κ3) is 4.12. The van der Waals surface area contributed by atoms with E-state index in [0.717, 1.165) is 30.4 Å². The fraction of sp³-hybridized carbons (Fsp3) is 0.350. The van der Waals surface area contributed by atoms with Crippen LogP contribution in [0.25, 0.3) is 0 Å². The summed E-state index contributed by atoms with van der Waals surface area (Å²) < 4.78 is 0. The first-order valence-electron chi connectivity index (χ1n) is 8.70. The van der Waals surface area contributed by atoms with Gasteiger partial charge in [-0.15, -0.1) is 0 Å². The zero-order valence-electron chi connectivity index (χ0n) is 14.2. The summed E-state index contributed by atoms with van der Waals surface area (Å²) in [6.45, 7) is 1.12. The van der Waals surface area contributed by atoms with Crippen LogP contribution in [0.4, 0.5) is 4.79 Å². The van der Waals surface area contributed by atoms with Crippen LogP contribution in [0.5, 0.6) is 5.75 Å². The summed E-state index contributed by atoms with van der Waals surface area (Å²) in [6, 6.07) is 14.7. The molecule has 2 aromatic rings. The first-order chi connectivity index (χ1) is 12.2. The molecule has 3 rings (SSSR count). The highest BCUT2D eigenvalue weighted by Gasteiger charge is 2.29. The Hall–Kier alpha value is -2.53. The minimum Gasteiger partial charge on any atom is -0.508 e. The average molecular weight is 340 g/mol. The second kappa shape index (κ2) is 8.03. The molecule has 5 heteroatoms. The molecule has 5 nitrogen and oxygen atoms in total. The van der Waals surface area contributed by atoms with Gasteiger partial charge >= 0.3 is 6.03 Å². The Kier molecular flexibility index (Phi) is 5.56. The first-order valence-corrected chi connectivity index (χ1v) is 8.70. The van der Waals surface area contributed by atoms with E-state index < -0.39 is 0 Å². The molecule has 3 N–H and O–H groups in total. The van der Waals surface area contributed by atoms with Crippen LogP contribution in [0, 0.1) is 0 Å². The Labute approximate surface area is 147 Å². The number of hydrogen-bond donors (Lipinski definition) is 3. The van der Waals surface area contributed by atoms with Gasteiger partial charge in [-0.25, -0.2) is 4.79 Å². The third-order valence-corrected chi connectivity index (χ3v) is 4.70. The minimum atomic E-state index is -0.276. The highest BCUT2D eigenvalue weighted by molar-refractivity contribution is 5.75. The average Bonchev–Trinajstić information content (AvgIpc) is 2.65. The van der Waals surface area contributed by atoms with E-state index in [0.29, 0.717) is 13.1 Å². The van der Waals surface area contributed by atoms with E-state index in [1.165, 1.54) is 5.56 Å². The third-order valence-electron chi connectivity index (χ3n) is 4.70. The van der Waals surface area contributed by atoms with Crippen LogP contribution < -0.4 is 5.32 Å². The molecule has 132 valence electrons. The van der Waals surface area contributed by atoms with Crippen LogP contribution in [0.15, 0.2) is 48.5 Å². The second-order valence-corrected chi connectivity index (χ2v) is 6.34. The van der Waals surface area contributed by atoms with Gasteiger partial charge in [0, 0.05) is 13.1 Å². The summed E-state index contributed by atoms with van der Waals surface area (Å²) in [7, 11) is 0. The number of aliphatic hydroxyl groups excluding tert-OH is 1. The SMILES string of the molecule is O=C(NCCCc1ccc(O)cc1)N1CCc2ccccc2C1CO. The number of fused-ring (bicyclic) bond motifs is 1. The summed E-state index contributed by atoms with van der Waals surface area (Å²) in [4.78, 5) is 14.2. The molecule has 1 heterocycles. The van der Waals surface area contributed by atoms with Crippen molar-refractivity contribution < 1.29 is 15.0 Å². The van der Waals surface area contributed by atoms with Gasteiger partial charge in [-0.05, 0) is 48.1 Å². The van der Waals surface area contributed by atoms with Gasteiger partial charge in [-0.3, -0.25) is 0 Å². The number of aromatic hydroxyl groups is 1. The van der Waals surface area contributed by atoms with Gasteiger partial charge in [-0.1, -0.05) is 36.4 Å². The van der Waals surface area contributed by atoms with E-state index in [-0.39, 0.29) is 24.4 Å². The maximum absolute atomic E-state index is 12.5. The van der Waals surface area contributed by atoms with Gasteiger partial charge in [0.25, 0.3) is 0 Å². The Morgan fingerprint density at radius 2 is 1.92 bits per heavy atom. The number of urea groups is 1. The summed E-state index contributed by atoms with van der Waals surface area (Å²) in [5.41, 5.74) is 3.38. The Morgan fingerprint density at radius 3 is 2.68 bits per heavy atom. The van der Waals surface area contributed by atoms with Crippen molar-refractivity contribution in [1.82, 2.24) is 10.2 Å². The molecule has 0 saturated carbocycles. The van der Waals surface area contributed by atoms with Crippen LogP contribution in [-0.2, 0) is 12.8 Å². The number of benzene rings is 2. The molecule has 0 aliphatic carbocycles. The molecule has 2 aromatic carbocycles. The molecule has 0 saturated heterocycles. The van der Waals surface area contributed by atoms with E-state index in [4.69, 9.17) is 0 Å². The van der Waals surface area contributed by atoms with Crippen LogP contribution >= 0.6 is 0 Å². The zero-order chi connectivity index (χ0) is 17.6. The number of amides is 2. The minimum absolute atomic E-state index is 0.0715. The van der Waals surface area contributed by atoms with E-state index in [2.05, 4.69) is 11.4 Å². The molecule has 0 radical (unpaired) electrons.